The molecule has 1 aromatic heterocycles. The average molecular weight is 509 g/mol. The van der Waals surface area contributed by atoms with Crippen LogP contribution in [-0.2, 0) is 13.0 Å². The summed E-state index contributed by atoms with van der Waals surface area (Å²) in [5.74, 6) is 1.50. The minimum atomic E-state index is 0. The van der Waals surface area contributed by atoms with Crippen LogP contribution in [0.3, 0.4) is 0 Å². The van der Waals surface area contributed by atoms with E-state index in [2.05, 4.69) is 60.2 Å². The third-order valence-electron chi connectivity index (χ3n) is 4.92. The summed E-state index contributed by atoms with van der Waals surface area (Å²) in [5, 5.41) is 8.01. The molecule has 0 aliphatic carbocycles. The molecule has 0 bridgehead atoms. The van der Waals surface area contributed by atoms with Crippen molar-refractivity contribution in [3.63, 3.8) is 0 Å². The third-order valence-corrected chi connectivity index (χ3v) is 6.05. The Labute approximate surface area is 186 Å². The van der Waals surface area contributed by atoms with Gasteiger partial charge in [-0.25, -0.2) is 9.98 Å². The Balaban J connectivity index is 0.00000364. The van der Waals surface area contributed by atoms with E-state index >= 15 is 0 Å². The molecule has 6 nitrogen and oxygen atoms in total. The number of hydrogen-bond acceptors (Lipinski definition) is 5. The Morgan fingerprint density at radius 3 is 2.48 bits per heavy atom. The van der Waals surface area contributed by atoms with Gasteiger partial charge in [0.1, 0.15) is 5.01 Å². The van der Waals surface area contributed by atoms with Crippen LogP contribution in [0.2, 0.25) is 0 Å². The molecule has 0 radical (unpaired) electrons. The summed E-state index contributed by atoms with van der Waals surface area (Å²) < 4.78 is 0. The Morgan fingerprint density at radius 2 is 1.93 bits per heavy atom. The molecule has 1 saturated heterocycles. The molecule has 2 heterocycles. The number of likely N-dealkylation sites (N-methyl/N-ethyl adjacent to an activating group) is 1. The number of aryl methyl sites for hydroxylation is 1. The van der Waals surface area contributed by atoms with Crippen molar-refractivity contribution in [1.82, 2.24) is 25.4 Å². The summed E-state index contributed by atoms with van der Waals surface area (Å²) in [7, 11) is 2.21. The van der Waals surface area contributed by atoms with Crippen LogP contribution in [0.1, 0.15) is 37.6 Å². The molecule has 0 saturated carbocycles. The normalized spacial score (nSPS) is 17.6. The van der Waals surface area contributed by atoms with Gasteiger partial charge in [-0.1, -0.05) is 20.8 Å². The van der Waals surface area contributed by atoms with E-state index < -0.39 is 0 Å². The second kappa shape index (κ2) is 12.9. The van der Waals surface area contributed by atoms with E-state index in [4.69, 9.17) is 4.99 Å². The first-order valence-electron chi connectivity index (χ1n) is 9.91. The SMILES string of the molecule is CCNC(=NCc1ncc(CC)s1)NCC(C(C)C)N1CCN(C)CC1.I. The first-order chi connectivity index (χ1) is 12.5. The summed E-state index contributed by atoms with van der Waals surface area (Å²) in [6.45, 7) is 15.9. The molecule has 1 unspecified atom stereocenters. The van der Waals surface area contributed by atoms with E-state index in [1.807, 2.05) is 6.20 Å². The van der Waals surface area contributed by atoms with Crippen LogP contribution in [0.5, 0.6) is 0 Å². The molecule has 0 spiro atoms. The number of nitrogens with zero attached hydrogens (tertiary/aromatic N) is 4. The number of rotatable bonds is 8. The molecule has 8 heteroatoms. The van der Waals surface area contributed by atoms with Gasteiger partial charge in [0, 0.05) is 56.4 Å². The van der Waals surface area contributed by atoms with Crippen LogP contribution in [0.4, 0.5) is 0 Å². The minimum Gasteiger partial charge on any atom is -0.357 e. The fraction of sp³-hybridized carbons (Fsp3) is 0.789. The summed E-state index contributed by atoms with van der Waals surface area (Å²) in [5.41, 5.74) is 0. The molecule has 1 aliphatic heterocycles. The van der Waals surface area contributed by atoms with Crippen molar-refractivity contribution >= 4 is 41.3 Å². The molecule has 1 atom stereocenters. The van der Waals surface area contributed by atoms with Gasteiger partial charge >= 0.3 is 0 Å². The number of guanidine groups is 1. The van der Waals surface area contributed by atoms with Gasteiger partial charge in [0.2, 0.25) is 0 Å². The lowest BCUT2D eigenvalue weighted by atomic mass is 10.0. The summed E-state index contributed by atoms with van der Waals surface area (Å²) in [4.78, 5) is 15.6. The van der Waals surface area contributed by atoms with Crippen LogP contribution in [0.25, 0.3) is 0 Å². The zero-order chi connectivity index (χ0) is 18.9. The third kappa shape index (κ3) is 8.21. The molecular formula is C19H37IN6S. The number of aromatic nitrogens is 1. The van der Waals surface area contributed by atoms with Crippen molar-refractivity contribution in [2.45, 2.75) is 46.7 Å². The smallest absolute Gasteiger partial charge is 0.191 e. The highest BCUT2D eigenvalue weighted by atomic mass is 127. The van der Waals surface area contributed by atoms with Crippen LogP contribution in [-0.4, -0.2) is 73.1 Å². The largest absolute Gasteiger partial charge is 0.357 e. The van der Waals surface area contributed by atoms with Crippen molar-refractivity contribution in [2.75, 3.05) is 46.3 Å². The van der Waals surface area contributed by atoms with E-state index in [0.717, 1.165) is 56.7 Å². The number of nitrogens with one attached hydrogen (secondary N) is 2. The van der Waals surface area contributed by atoms with E-state index in [9.17, 15) is 0 Å². The second-order valence-electron chi connectivity index (χ2n) is 7.30. The molecule has 0 aromatic carbocycles. The monoisotopic (exact) mass is 508 g/mol. The second-order valence-corrected chi connectivity index (χ2v) is 8.50. The van der Waals surface area contributed by atoms with Gasteiger partial charge in [-0.2, -0.15) is 0 Å². The van der Waals surface area contributed by atoms with Gasteiger partial charge in [0.15, 0.2) is 5.96 Å². The van der Waals surface area contributed by atoms with E-state index in [1.54, 1.807) is 11.3 Å². The maximum Gasteiger partial charge on any atom is 0.191 e. The quantitative estimate of drug-likeness (QED) is 0.321. The summed E-state index contributed by atoms with van der Waals surface area (Å²) >= 11 is 1.76. The zero-order valence-electron chi connectivity index (χ0n) is 17.5. The van der Waals surface area contributed by atoms with Crippen LogP contribution in [0, 0.1) is 5.92 Å². The lowest BCUT2D eigenvalue weighted by Crippen LogP contribution is -2.55. The lowest BCUT2D eigenvalue weighted by Gasteiger charge is -2.40. The van der Waals surface area contributed by atoms with E-state index in [-0.39, 0.29) is 24.0 Å². The van der Waals surface area contributed by atoms with E-state index in [0.29, 0.717) is 18.5 Å². The Kier molecular flexibility index (Phi) is 11.7. The van der Waals surface area contributed by atoms with Gasteiger partial charge in [-0.3, -0.25) is 4.90 Å². The molecular weight excluding hydrogens is 471 g/mol. The molecule has 1 fully saturated rings. The van der Waals surface area contributed by atoms with Crippen molar-refractivity contribution < 1.29 is 0 Å². The van der Waals surface area contributed by atoms with Crippen molar-refractivity contribution in [3.8, 4) is 0 Å². The highest BCUT2D eigenvalue weighted by Crippen LogP contribution is 2.14. The van der Waals surface area contributed by atoms with Gasteiger partial charge in [0.05, 0.1) is 6.54 Å². The summed E-state index contributed by atoms with van der Waals surface area (Å²) in [6.07, 6.45) is 3.01. The maximum absolute atomic E-state index is 4.74. The minimum absolute atomic E-state index is 0. The molecule has 1 aromatic rings. The van der Waals surface area contributed by atoms with Crippen LogP contribution in [0.15, 0.2) is 11.2 Å². The average Bonchev–Trinajstić information content (AvgIpc) is 3.09. The molecule has 2 rings (SSSR count). The number of piperazine rings is 1. The predicted molar refractivity (Wildman–Crippen MR) is 127 cm³/mol. The number of hydrogen-bond donors (Lipinski definition) is 2. The predicted octanol–water partition coefficient (Wildman–Crippen LogP) is 2.65. The number of thiazole rings is 1. The fourth-order valence-electron chi connectivity index (χ4n) is 3.21. The molecule has 1 aliphatic rings. The van der Waals surface area contributed by atoms with Crippen molar-refractivity contribution in [1.29, 1.82) is 0 Å². The standard InChI is InChI=1S/C19H36N6S.HI/c1-6-16-12-21-18(26-16)14-23-19(20-7-2)22-13-17(15(3)4)25-10-8-24(5)9-11-25;/h12,15,17H,6-11,13-14H2,1-5H3,(H2,20,22,23);1H. The van der Waals surface area contributed by atoms with Crippen LogP contribution >= 0.6 is 35.3 Å². The molecule has 156 valence electrons. The molecule has 0 amide bonds. The summed E-state index contributed by atoms with van der Waals surface area (Å²) in [6, 6.07) is 0.527. The lowest BCUT2D eigenvalue weighted by molar-refractivity contribution is 0.0900. The van der Waals surface area contributed by atoms with Gasteiger partial charge in [-0.05, 0) is 26.3 Å². The first-order valence-corrected chi connectivity index (χ1v) is 10.7. The number of aliphatic imine (C=N–C) groups is 1. The van der Waals surface area contributed by atoms with Crippen LogP contribution < -0.4 is 10.6 Å². The highest BCUT2D eigenvalue weighted by molar-refractivity contribution is 14.0. The first kappa shape index (κ1) is 24.6. The number of halogens is 1. The van der Waals surface area contributed by atoms with E-state index in [1.165, 1.54) is 4.88 Å². The molecule has 27 heavy (non-hydrogen) atoms. The zero-order valence-corrected chi connectivity index (χ0v) is 20.6. The van der Waals surface area contributed by atoms with Crippen molar-refractivity contribution in [3.05, 3.63) is 16.1 Å². The maximum atomic E-state index is 4.74. The van der Waals surface area contributed by atoms with Gasteiger partial charge in [-0.15, -0.1) is 35.3 Å². The van der Waals surface area contributed by atoms with Crippen molar-refractivity contribution in [2.24, 2.45) is 10.9 Å². The Bertz CT molecular complexity index is 554. The Hall–Kier alpha value is -0.450. The molecule has 2 N–H and O–H groups in total. The Morgan fingerprint density at radius 1 is 1.22 bits per heavy atom. The fourth-order valence-corrected chi connectivity index (χ4v) is 4.00. The van der Waals surface area contributed by atoms with Gasteiger partial charge in [0.25, 0.3) is 0 Å². The topological polar surface area (TPSA) is 55.8 Å². The van der Waals surface area contributed by atoms with Gasteiger partial charge < -0.3 is 15.5 Å². The highest BCUT2D eigenvalue weighted by Gasteiger charge is 2.25.